The van der Waals surface area contributed by atoms with E-state index in [1.165, 1.54) is 0 Å². The number of ether oxygens (including phenoxy) is 1. The zero-order chi connectivity index (χ0) is 10.2. The van der Waals surface area contributed by atoms with E-state index in [9.17, 15) is 9.59 Å². The van der Waals surface area contributed by atoms with Crippen molar-refractivity contribution in [2.45, 2.75) is 44.1 Å². The molecule has 0 unspecified atom stereocenters. The molecule has 4 nitrogen and oxygen atoms in total. The van der Waals surface area contributed by atoms with Crippen LogP contribution in [0.5, 0.6) is 0 Å². The summed E-state index contributed by atoms with van der Waals surface area (Å²) >= 11 is 0. The summed E-state index contributed by atoms with van der Waals surface area (Å²) in [5.74, 6) is -1.05. The van der Waals surface area contributed by atoms with Crippen molar-refractivity contribution in [2.24, 2.45) is 11.7 Å². The molecule has 1 atom stereocenters. The number of hydrogen-bond acceptors (Lipinski definition) is 3. The fraction of sp³-hybridized carbons (Fsp3) is 0.800. The van der Waals surface area contributed by atoms with Crippen LogP contribution >= 0.6 is 0 Å². The number of nitrogens with two attached hydrogens (primary N) is 1. The van der Waals surface area contributed by atoms with Gasteiger partial charge >= 0.3 is 5.97 Å². The average Bonchev–Trinajstić information content (AvgIpc) is 2.44. The number of carbonyl (C=O) groups excluding carboxylic acids is 2. The van der Waals surface area contributed by atoms with Crippen LogP contribution in [0.15, 0.2) is 0 Å². The minimum absolute atomic E-state index is 0.176. The van der Waals surface area contributed by atoms with Crippen LogP contribution in [0.1, 0.15) is 38.5 Å². The summed E-state index contributed by atoms with van der Waals surface area (Å²) in [4.78, 5) is 22.4. The molecular weight excluding hydrogens is 182 g/mol. The molecule has 78 valence electrons. The molecule has 0 aromatic carbocycles. The Hall–Kier alpha value is -1.06. The molecule has 1 saturated heterocycles. The van der Waals surface area contributed by atoms with Crippen LogP contribution in [0, 0.1) is 5.92 Å². The van der Waals surface area contributed by atoms with E-state index in [1.807, 2.05) is 0 Å². The van der Waals surface area contributed by atoms with Crippen LogP contribution < -0.4 is 5.73 Å². The summed E-state index contributed by atoms with van der Waals surface area (Å²) in [6, 6.07) is 0. The molecule has 1 saturated carbocycles. The standard InChI is InChI=1S/C10H15NO3/c11-9(13)7-6-8(12)14-10(7)4-2-1-3-5-10/h7H,1-6H2,(H2,11,13)/t7-/m1/s1. The molecule has 1 aliphatic carbocycles. The quantitative estimate of drug-likeness (QED) is 0.630. The van der Waals surface area contributed by atoms with Crippen molar-refractivity contribution in [3.8, 4) is 0 Å². The van der Waals surface area contributed by atoms with Crippen LogP contribution in [0.3, 0.4) is 0 Å². The van der Waals surface area contributed by atoms with Crippen LogP contribution in [-0.4, -0.2) is 17.5 Å². The first-order valence-electron chi connectivity index (χ1n) is 5.15. The largest absolute Gasteiger partial charge is 0.458 e. The smallest absolute Gasteiger partial charge is 0.307 e. The van der Waals surface area contributed by atoms with Crippen molar-refractivity contribution in [3.63, 3.8) is 0 Å². The number of hydrogen-bond donors (Lipinski definition) is 1. The van der Waals surface area contributed by atoms with Crippen molar-refractivity contribution in [2.75, 3.05) is 0 Å². The molecule has 2 aliphatic rings. The molecule has 1 amide bonds. The van der Waals surface area contributed by atoms with Gasteiger partial charge in [-0.1, -0.05) is 6.42 Å². The number of esters is 1. The second-order valence-corrected chi connectivity index (χ2v) is 4.26. The molecule has 2 N–H and O–H groups in total. The van der Waals surface area contributed by atoms with Gasteiger partial charge in [0.05, 0.1) is 12.3 Å². The van der Waals surface area contributed by atoms with Gasteiger partial charge in [0.15, 0.2) is 0 Å². The molecule has 0 radical (unpaired) electrons. The summed E-state index contributed by atoms with van der Waals surface area (Å²) in [7, 11) is 0. The lowest BCUT2D eigenvalue weighted by Gasteiger charge is -2.35. The molecule has 1 aliphatic heterocycles. The first-order chi connectivity index (χ1) is 6.64. The Morgan fingerprint density at radius 3 is 2.57 bits per heavy atom. The Balaban J connectivity index is 2.21. The summed E-state index contributed by atoms with van der Waals surface area (Å²) < 4.78 is 5.32. The Kier molecular flexibility index (Phi) is 2.21. The van der Waals surface area contributed by atoms with Crippen molar-refractivity contribution >= 4 is 11.9 Å². The highest BCUT2D eigenvalue weighted by atomic mass is 16.6. The number of carbonyl (C=O) groups is 2. The van der Waals surface area contributed by atoms with E-state index in [2.05, 4.69) is 0 Å². The van der Waals surface area contributed by atoms with Gasteiger partial charge in [0.25, 0.3) is 0 Å². The van der Waals surface area contributed by atoms with E-state index in [0.29, 0.717) is 0 Å². The van der Waals surface area contributed by atoms with Crippen molar-refractivity contribution < 1.29 is 14.3 Å². The van der Waals surface area contributed by atoms with Crippen molar-refractivity contribution in [1.29, 1.82) is 0 Å². The Labute approximate surface area is 82.8 Å². The molecule has 0 aromatic heterocycles. The van der Waals surface area contributed by atoms with Crippen LogP contribution in [0.4, 0.5) is 0 Å². The van der Waals surface area contributed by atoms with E-state index in [-0.39, 0.29) is 12.4 Å². The summed E-state index contributed by atoms with van der Waals surface area (Å²) in [5, 5.41) is 0. The number of primary amides is 1. The Morgan fingerprint density at radius 1 is 1.36 bits per heavy atom. The first kappa shape index (κ1) is 9.49. The predicted octanol–water partition coefficient (Wildman–Crippen LogP) is 0.738. The fourth-order valence-electron chi connectivity index (χ4n) is 2.65. The van der Waals surface area contributed by atoms with E-state index >= 15 is 0 Å². The molecule has 1 heterocycles. The second kappa shape index (κ2) is 3.26. The second-order valence-electron chi connectivity index (χ2n) is 4.26. The lowest BCUT2D eigenvalue weighted by atomic mass is 9.75. The van der Waals surface area contributed by atoms with Gasteiger partial charge < -0.3 is 10.5 Å². The monoisotopic (exact) mass is 197 g/mol. The molecule has 0 aromatic rings. The lowest BCUT2D eigenvalue weighted by molar-refractivity contribution is -0.153. The molecule has 2 rings (SSSR count). The number of amides is 1. The minimum Gasteiger partial charge on any atom is -0.458 e. The zero-order valence-corrected chi connectivity index (χ0v) is 8.12. The predicted molar refractivity (Wildman–Crippen MR) is 49.2 cm³/mol. The van der Waals surface area contributed by atoms with Gasteiger partial charge in [0.2, 0.25) is 5.91 Å². The maximum Gasteiger partial charge on any atom is 0.307 e. The van der Waals surface area contributed by atoms with Crippen LogP contribution in [0.2, 0.25) is 0 Å². The normalized spacial score (nSPS) is 30.3. The molecule has 14 heavy (non-hydrogen) atoms. The third kappa shape index (κ3) is 1.38. The van der Waals surface area contributed by atoms with Gasteiger partial charge in [0, 0.05) is 0 Å². The molecule has 2 fully saturated rings. The van der Waals surface area contributed by atoms with Crippen molar-refractivity contribution in [1.82, 2.24) is 0 Å². The highest BCUT2D eigenvalue weighted by Crippen LogP contribution is 2.43. The van der Waals surface area contributed by atoms with Crippen molar-refractivity contribution in [3.05, 3.63) is 0 Å². The minimum atomic E-state index is -0.541. The van der Waals surface area contributed by atoms with Gasteiger partial charge in [0.1, 0.15) is 5.60 Å². The summed E-state index contributed by atoms with van der Waals surface area (Å²) in [5.41, 5.74) is 4.75. The zero-order valence-electron chi connectivity index (χ0n) is 8.12. The third-order valence-electron chi connectivity index (χ3n) is 3.37. The molecule has 0 bridgehead atoms. The van der Waals surface area contributed by atoms with Gasteiger partial charge in [-0.25, -0.2) is 0 Å². The fourth-order valence-corrected chi connectivity index (χ4v) is 2.65. The van der Waals surface area contributed by atoms with Gasteiger partial charge in [-0.05, 0) is 25.7 Å². The average molecular weight is 197 g/mol. The van der Waals surface area contributed by atoms with E-state index in [0.717, 1.165) is 32.1 Å². The number of rotatable bonds is 1. The van der Waals surface area contributed by atoms with E-state index in [1.54, 1.807) is 0 Å². The van der Waals surface area contributed by atoms with Crippen LogP contribution in [0.25, 0.3) is 0 Å². The molecule has 4 heteroatoms. The van der Waals surface area contributed by atoms with Crippen LogP contribution in [-0.2, 0) is 14.3 Å². The van der Waals surface area contributed by atoms with Gasteiger partial charge in [-0.3, -0.25) is 9.59 Å². The third-order valence-corrected chi connectivity index (χ3v) is 3.37. The van der Waals surface area contributed by atoms with E-state index in [4.69, 9.17) is 10.5 Å². The topological polar surface area (TPSA) is 69.4 Å². The molecular formula is C10H15NO3. The van der Waals surface area contributed by atoms with Gasteiger partial charge in [-0.2, -0.15) is 0 Å². The summed E-state index contributed by atoms with van der Waals surface area (Å²) in [6.45, 7) is 0. The highest BCUT2D eigenvalue weighted by Gasteiger charge is 2.52. The van der Waals surface area contributed by atoms with Gasteiger partial charge in [-0.15, -0.1) is 0 Å². The lowest BCUT2D eigenvalue weighted by Crippen LogP contribution is -2.43. The van der Waals surface area contributed by atoms with E-state index < -0.39 is 17.4 Å². The Bertz CT molecular complexity index is 269. The SMILES string of the molecule is NC(=O)[C@H]1CC(=O)OC12CCCCC2. The first-order valence-corrected chi connectivity index (χ1v) is 5.15. The maximum atomic E-state index is 11.2. The Morgan fingerprint density at radius 2 is 2.00 bits per heavy atom. The maximum absolute atomic E-state index is 11.2. The summed E-state index contributed by atoms with van der Waals surface area (Å²) in [6.07, 6.45) is 4.98. The molecule has 1 spiro atoms. The highest BCUT2D eigenvalue weighted by molar-refractivity contribution is 5.86.